The molecule has 2 N–H and O–H groups in total. The number of phenolic OH excluding ortho intramolecular Hbond substituents is 1. The second kappa shape index (κ2) is 4.26. The summed E-state index contributed by atoms with van der Waals surface area (Å²) < 4.78 is 0.734. The second-order valence-corrected chi connectivity index (χ2v) is 3.50. The van der Waals surface area contributed by atoms with Crippen molar-refractivity contribution in [1.82, 2.24) is 0 Å². The molecule has 0 aliphatic heterocycles. The summed E-state index contributed by atoms with van der Waals surface area (Å²) in [5.74, 6) is -0.00266. The maximum absolute atomic E-state index is 9.39. The first-order valence-corrected chi connectivity index (χ1v) is 4.48. The van der Waals surface area contributed by atoms with Gasteiger partial charge in [-0.05, 0) is 12.1 Å². The Hall–Kier alpha value is -1.05. The molecule has 0 radical (unpaired) electrons. The minimum absolute atomic E-state index is 0.00266. The molecule has 3 nitrogen and oxygen atoms in total. The lowest BCUT2D eigenvalue weighted by atomic mass is 10.1. The number of hydrogen-bond acceptors (Lipinski definition) is 3. The molecular weight excluding hydrogens is 234 g/mol. The van der Waals surface area contributed by atoms with Gasteiger partial charge in [0, 0.05) is 10.0 Å². The van der Waals surface area contributed by atoms with Crippen molar-refractivity contribution in [1.29, 1.82) is 5.26 Å². The van der Waals surface area contributed by atoms with Crippen molar-refractivity contribution < 1.29 is 10.2 Å². The van der Waals surface area contributed by atoms with E-state index < -0.39 is 6.10 Å². The van der Waals surface area contributed by atoms with Gasteiger partial charge in [0.25, 0.3) is 0 Å². The standard InChI is InChI=1S/C9H8BrNO2/c10-6-1-2-7(9(13)5-6)8(12)3-4-11/h1-2,5,8,12-13H,3H2. The maximum Gasteiger partial charge on any atom is 0.122 e. The van der Waals surface area contributed by atoms with Crippen molar-refractivity contribution >= 4 is 15.9 Å². The monoisotopic (exact) mass is 241 g/mol. The van der Waals surface area contributed by atoms with Gasteiger partial charge in [-0.15, -0.1) is 0 Å². The molecule has 0 heterocycles. The molecule has 0 amide bonds. The van der Waals surface area contributed by atoms with Gasteiger partial charge >= 0.3 is 0 Å². The molecule has 0 bridgehead atoms. The maximum atomic E-state index is 9.39. The highest BCUT2D eigenvalue weighted by atomic mass is 79.9. The summed E-state index contributed by atoms with van der Waals surface area (Å²) in [7, 11) is 0. The third kappa shape index (κ3) is 2.44. The summed E-state index contributed by atoms with van der Waals surface area (Å²) in [6.45, 7) is 0. The first-order chi connectivity index (χ1) is 6.15. The Morgan fingerprint density at radius 2 is 2.23 bits per heavy atom. The van der Waals surface area contributed by atoms with E-state index >= 15 is 0 Å². The minimum atomic E-state index is -0.918. The summed E-state index contributed by atoms with van der Waals surface area (Å²) in [6, 6.07) is 6.61. The normalized spacial score (nSPS) is 12.1. The molecule has 0 aromatic heterocycles. The Bertz CT molecular complexity index is 346. The van der Waals surface area contributed by atoms with Gasteiger partial charge in [-0.3, -0.25) is 0 Å². The molecule has 0 saturated carbocycles. The molecule has 1 aromatic carbocycles. The molecule has 1 unspecified atom stereocenters. The Labute approximate surface area is 84.4 Å². The number of nitrogens with zero attached hydrogens (tertiary/aromatic N) is 1. The fourth-order valence-corrected chi connectivity index (χ4v) is 1.34. The van der Waals surface area contributed by atoms with E-state index in [-0.39, 0.29) is 12.2 Å². The van der Waals surface area contributed by atoms with E-state index in [0.29, 0.717) is 5.56 Å². The van der Waals surface area contributed by atoms with Crippen LogP contribution in [-0.2, 0) is 0 Å². The predicted octanol–water partition coefficient (Wildman–Crippen LogP) is 2.10. The topological polar surface area (TPSA) is 64.2 Å². The van der Waals surface area contributed by atoms with E-state index in [4.69, 9.17) is 5.26 Å². The molecule has 4 heteroatoms. The largest absolute Gasteiger partial charge is 0.508 e. The minimum Gasteiger partial charge on any atom is -0.508 e. The van der Waals surface area contributed by atoms with E-state index in [1.54, 1.807) is 12.1 Å². The van der Waals surface area contributed by atoms with Crippen molar-refractivity contribution in [2.45, 2.75) is 12.5 Å². The number of aliphatic hydroxyl groups excluding tert-OH is 1. The highest BCUT2D eigenvalue weighted by Gasteiger charge is 2.11. The van der Waals surface area contributed by atoms with Crippen LogP contribution in [0.5, 0.6) is 5.75 Å². The number of aliphatic hydroxyl groups is 1. The number of phenols is 1. The van der Waals surface area contributed by atoms with Gasteiger partial charge in [0.05, 0.1) is 18.6 Å². The van der Waals surface area contributed by atoms with E-state index in [0.717, 1.165) is 4.47 Å². The second-order valence-electron chi connectivity index (χ2n) is 2.58. The van der Waals surface area contributed by atoms with Gasteiger partial charge < -0.3 is 10.2 Å². The highest BCUT2D eigenvalue weighted by Crippen LogP contribution is 2.28. The molecule has 0 aliphatic rings. The van der Waals surface area contributed by atoms with Gasteiger partial charge in [-0.2, -0.15) is 5.26 Å². The average molecular weight is 242 g/mol. The van der Waals surface area contributed by atoms with Crippen molar-refractivity contribution in [2.75, 3.05) is 0 Å². The molecule has 0 fully saturated rings. The molecular formula is C9H8BrNO2. The first kappa shape index (κ1) is 10.0. The SMILES string of the molecule is N#CCC(O)c1ccc(Br)cc1O. The van der Waals surface area contributed by atoms with Crippen molar-refractivity contribution in [3.05, 3.63) is 28.2 Å². The smallest absolute Gasteiger partial charge is 0.122 e. The number of benzene rings is 1. The molecule has 0 spiro atoms. The van der Waals surface area contributed by atoms with Crippen LogP contribution < -0.4 is 0 Å². The summed E-state index contributed by atoms with van der Waals surface area (Å²) in [5.41, 5.74) is 0.379. The van der Waals surface area contributed by atoms with Crippen LogP contribution in [0.2, 0.25) is 0 Å². The quantitative estimate of drug-likeness (QED) is 0.834. The van der Waals surface area contributed by atoms with Crippen LogP contribution in [0.15, 0.2) is 22.7 Å². The lowest BCUT2D eigenvalue weighted by Crippen LogP contribution is -1.95. The molecule has 13 heavy (non-hydrogen) atoms. The van der Waals surface area contributed by atoms with Crippen molar-refractivity contribution in [3.63, 3.8) is 0 Å². The van der Waals surface area contributed by atoms with Crippen LogP contribution in [0.1, 0.15) is 18.1 Å². The fraction of sp³-hybridized carbons (Fsp3) is 0.222. The van der Waals surface area contributed by atoms with Gasteiger partial charge in [-0.25, -0.2) is 0 Å². The molecule has 68 valence electrons. The zero-order chi connectivity index (χ0) is 9.84. The summed E-state index contributed by atoms with van der Waals surface area (Å²) in [5, 5.41) is 27.1. The number of nitriles is 1. The first-order valence-electron chi connectivity index (χ1n) is 3.68. The van der Waals surface area contributed by atoms with E-state index in [1.807, 2.05) is 6.07 Å². The highest BCUT2D eigenvalue weighted by molar-refractivity contribution is 9.10. The lowest BCUT2D eigenvalue weighted by Gasteiger charge is -2.08. The van der Waals surface area contributed by atoms with Crippen LogP contribution in [0.4, 0.5) is 0 Å². The molecule has 0 saturated heterocycles. The lowest BCUT2D eigenvalue weighted by molar-refractivity contribution is 0.179. The number of aromatic hydroxyl groups is 1. The number of rotatable bonds is 2. The molecule has 1 aromatic rings. The average Bonchev–Trinajstić information content (AvgIpc) is 2.04. The molecule has 1 atom stereocenters. The van der Waals surface area contributed by atoms with Crippen LogP contribution in [-0.4, -0.2) is 10.2 Å². The third-order valence-electron chi connectivity index (χ3n) is 1.64. The Morgan fingerprint density at radius 3 is 2.77 bits per heavy atom. The van der Waals surface area contributed by atoms with E-state index in [2.05, 4.69) is 15.9 Å². The van der Waals surface area contributed by atoms with Gasteiger partial charge in [-0.1, -0.05) is 22.0 Å². The van der Waals surface area contributed by atoms with Gasteiger partial charge in [0.1, 0.15) is 5.75 Å². The zero-order valence-electron chi connectivity index (χ0n) is 6.74. The molecule has 0 aliphatic carbocycles. The van der Waals surface area contributed by atoms with Crippen LogP contribution in [0, 0.1) is 11.3 Å². The van der Waals surface area contributed by atoms with Crippen LogP contribution in [0.25, 0.3) is 0 Å². The van der Waals surface area contributed by atoms with Crippen molar-refractivity contribution in [2.24, 2.45) is 0 Å². The van der Waals surface area contributed by atoms with Crippen molar-refractivity contribution in [3.8, 4) is 11.8 Å². The Morgan fingerprint density at radius 1 is 1.54 bits per heavy atom. The summed E-state index contributed by atoms with van der Waals surface area (Å²) >= 11 is 3.18. The van der Waals surface area contributed by atoms with Crippen LogP contribution >= 0.6 is 15.9 Å². The predicted molar refractivity (Wildman–Crippen MR) is 51.0 cm³/mol. The van der Waals surface area contributed by atoms with E-state index in [1.165, 1.54) is 6.07 Å². The van der Waals surface area contributed by atoms with Gasteiger partial charge in [0.2, 0.25) is 0 Å². The third-order valence-corrected chi connectivity index (χ3v) is 2.13. The van der Waals surface area contributed by atoms with Crippen LogP contribution in [0.3, 0.4) is 0 Å². The van der Waals surface area contributed by atoms with E-state index in [9.17, 15) is 10.2 Å². The number of halogens is 1. The number of hydrogen-bond donors (Lipinski definition) is 2. The Balaban J connectivity index is 2.96. The Kier molecular flexibility index (Phi) is 3.29. The van der Waals surface area contributed by atoms with Gasteiger partial charge in [0.15, 0.2) is 0 Å². The zero-order valence-corrected chi connectivity index (χ0v) is 8.32. The fourth-order valence-electron chi connectivity index (χ4n) is 0.995. The summed E-state index contributed by atoms with van der Waals surface area (Å²) in [4.78, 5) is 0. The molecule has 1 rings (SSSR count). The summed E-state index contributed by atoms with van der Waals surface area (Å²) in [6.07, 6.45) is -0.937.